The number of para-hydroxylation sites is 3. The van der Waals surface area contributed by atoms with Gasteiger partial charge in [0.15, 0.2) is 0 Å². The molecule has 0 N–H and O–H groups in total. The second kappa shape index (κ2) is 8.50. The highest BCUT2D eigenvalue weighted by molar-refractivity contribution is 7.89. The molecule has 0 saturated carbocycles. The Balaban J connectivity index is 1.78. The molecular formula is C19H21F3N2O4S. The summed E-state index contributed by atoms with van der Waals surface area (Å²) >= 11 is 0. The van der Waals surface area contributed by atoms with Crippen LogP contribution in [0.5, 0.6) is 11.5 Å². The Morgan fingerprint density at radius 3 is 2.14 bits per heavy atom. The van der Waals surface area contributed by atoms with Crippen LogP contribution in [-0.2, 0) is 10.0 Å². The van der Waals surface area contributed by atoms with Crippen LogP contribution in [0.2, 0.25) is 0 Å². The normalized spacial score (nSPS) is 15.9. The number of piperazine rings is 1. The summed E-state index contributed by atoms with van der Waals surface area (Å²) in [5.74, 6) is -0.0284. The molecule has 1 heterocycles. The predicted molar refractivity (Wildman–Crippen MR) is 102 cm³/mol. The van der Waals surface area contributed by atoms with Gasteiger partial charge in [-0.2, -0.15) is 4.31 Å². The van der Waals surface area contributed by atoms with E-state index in [1.54, 1.807) is 0 Å². The van der Waals surface area contributed by atoms with E-state index in [0.29, 0.717) is 25.4 Å². The molecule has 0 bridgehead atoms. The van der Waals surface area contributed by atoms with Gasteiger partial charge in [-0.3, -0.25) is 0 Å². The highest BCUT2D eigenvalue weighted by atomic mass is 32.2. The molecule has 1 aliphatic heterocycles. The SMILES string of the molecule is CCOc1ccccc1N1CCN(S(=O)(=O)c2ccccc2OC(F)(F)F)CC1. The van der Waals surface area contributed by atoms with Crippen LogP contribution in [0.1, 0.15) is 6.92 Å². The van der Waals surface area contributed by atoms with Gasteiger partial charge in [-0.05, 0) is 31.2 Å². The van der Waals surface area contributed by atoms with E-state index in [1.807, 2.05) is 36.1 Å². The summed E-state index contributed by atoms with van der Waals surface area (Å²) in [7, 11) is -4.14. The smallest absolute Gasteiger partial charge is 0.492 e. The van der Waals surface area contributed by atoms with Gasteiger partial charge in [-0.1, -0.05) is 24.3 Å². The lowest BCUT2D eigenvalue weighted by atomic mass is 10.2. The number of rotatable bonds is 6. The first-order valence-electron chi connectivity index (χ1n) is 9.04. The van der Waals surface area contributed by atoms with Crippen molar-refractivity contribution >= 4 is 15.7 Å². The third-order valence-electron chi connectivity index (χ3n) is 4.44. The third kappa shape index (κ3) is 4.94. The first-order chi connectivity index (χ1) is 13.7. The number of halogens is 3. The summed E-state index contributed by atoms with van der Waals surface area (Å²) in [5, 5.41) is 0. The summed E-state index contributed by atoms with van der Waals surface area (Å²) < 4.78 is 74.5. The van der Waals surface area contributed by atoms with Crippen LogP contribution in [0, 0.1) is 0 Å². The van der Waals surface area contributed by atoms with Crippen molar-refractivity contribution in [1.29, 1.82) is 0 Å². The second-order valence-electron chi connectivity index (χ2n) is 6.29. The Bertz CT molecular complexity index is 942. The highest BCUT2D eigenvalue weighted by Crippen LogP contribution is 2.33. The van der Waals surface area contributed by atoms with Gasteiger partial charge < -0.3 is 14.4 Å². The maximum atomic E-state index is 12.9. The lowest BCUT2D eigenvalue weighted by Gasteiger charge is -2.36. The Labute approximate surface area is 167 Å². The molecule has 0 aromatic heterocycles. The van der Waals surface area contributed by atoms with Crippen LogP contribution in [0.25, 0.3) is 0 Å². The summed E-state index contributed by atoms with van der Waals surface area (Å²) in [5.41, 5.74) is 0.854. The number of alkyl halides is 3. The second-order valence-corrected chi connectivity index (χ2v) is 8.19. The zero-order valence-corrected chi connectivity index (χ0v) is 16.5. The largest absolute Gasteiger partial charge is 0.573 e. The van der Waals surface area contributed by atoms with Crippen molar-refractivity contribution in [3.8, 4) is 11.5 Å². The zero-order valence-electron chi connectivity index (χ0n) is 15.7. The fourth-order valence-electron chi connectivity index (χ4n) is 3.18. The van der Waals surface area contributed by atoms with Gasteiger partial charge in [0, 0.05) is 26.2 Å². The monoisotopic (exact) mass is 430 g/mol. The predicted octanol–water partition coefficient (Wildman–Crippen LogP) is 3.49. The van der Waals surface area contributed by atoms with Crippen LogP contribution in [0.3, 0.4) is 0 Å². The molecule has 158 valence electrons. The summed E-state index contributed by atoms with van der Waals surface area (Å²) in [6.45, 7) is 3.40. The number of anilines is 1. The standard InChI is InChI=1S/C19H21F3N2O4S/c1-2-27-16-8-4-3-7-15(16)23-11-13-24(14-12-23)29(25,26)18-10-6-5-9-17(18)28-19(20,21)22/h3-10H,2,11-14H2,1H3. The average Bonchev–Trinajstić information content (AvgIpc) is 2.68. The lowest BCUT2D eigenvalue weighted by Crippen LogP contribution is -2.48. The first kappa shape index (κ1) is 21.3. The Hall–Kier alpha value is -2.46. The minimum absolute atomic E-state index is 0.128. The summed E-state index contributed by atoms with van der Waals surface area (Å²) in [6, 6.07) is 12.2. The van der Waals surface area contributed by atoms with Crippen molar-refractivity contribution in [1.82, 2.24) is 4.31 Å². The quantitative estimate of drug-likeness (QED) is 0.702. The number of benzene rings is 2. The molecule has 10 heteroatoms. The first-order valence-corrected chi connectivity index (χ1v) is 10.5. The van der Waals surface area contributed by atoms with Crippen molar-refractivity contribution in [2.24, 2.45) is 0 Å². The fourth-order valence-corrected chi connectivity index (χ4v) is 4.71. The third-order valence-corrected chi connectivity index (χ3v) is 6.38. The van der Waals surface area contributed by atoms with Crippen LogP contribution < -0.4 is 14.4 Å². The number of sulfonamides is 1. The molecule has 0 spiro atoms. The Morgan fingerprint density at radius 1 is 0.931 bits per heavy atom. The van der Waals surface area contributed by atoms with Crippen molar-refractivity contribution in [2.75, 3.05) is 37.7 Å². The van der Waals surface area contributed by atoms with E-state index < -0.39 is 27.0 Å². The van der Waals surface area contributed by atoms with Gasteiger partial charge in [0.2, 0.25) is 10.0 Å². The molecule has 1 fully saturated rings. The Morgan fingerprint density at radius 2 is 1.52 bits per heavy atom. The molecule has 0 radical (unpaired) electrons. The van der Waals surface area contributed by atoms with Gasteiger partial charge in [0.1, 0.15) is 16.4 Å². The van der Waals surface area contributed by atoms with E-state index >= 15 is 0 Å². The van der Waals surface area contributed by atoms with E-state index in [4.69, 9.17) is 4.74 Å². The van der Waals surface area contributed by atoms with E-state index in [1.165, 1.54) is 16.4 Å². The van der Waals surface area contributed by atoms with Crippen molar-refractivity contribution in [3.63, 3.8) is 0 Å². The van der Waals surface area contributed by atoms with Crippen molar-refractivity contribution < 1.29 is 31.1 Å². The van der Waals surface area contributed by atoms with Gasteiger partial charge in [0.05, 0.1) is 12.3 Å². The molecular weight excluding hydrogens is 409 g/mol. The number of nitrogens with zero attached hydrogens (tertiary/aromatic N) is 2. The van der Waals surface area contributed by atoms with Crippen LogP contribution in [-0.4, -0.2) is 51.9 Å². The fraction of sp³-hybridized carbons (Fsp3) is 0.368. The molecule has 0 atom stereocenters. The van der Waals surface area contributed by atoms with Gasteiger partial charge in [-0.25, -0.2) is 8.42 Å². The molecule has 0 aliphatic carbocycles. The maximum Gasteiger partial charge on any atom is 0.573 e. The van der Waals surface area contributed by atoms with Crippen molar-refractivity contribution in [3.05, 3.63) is 48.5 Å². The lowest BCUT2D eigenvalue weighted by molar-refractivity contribution is -0.275. The van der Waals surface area contributed by atoms with E-state index in [9.17, 15) is 21.6 Å². The van der Waals surface area contributed by atoms with Gasteiger partial charge in [-0.15, -0.1) is 13.2 Å². The molecule has 1 aliphatic rings. The molecule has 0 unspecified atom stereocenters. The number of ether oxygens (including phenoxy) is 2. The van der Waals surface area contributed by atoms with Gasteiger partial charge in [0.25, 0.3) is 0 Å². The van der Waals surface area contributed by atoms with E-state index in [-0.39, 0.29) is 13.1 Å². The van der Waals surface area contributed by atoms with E-state index in [0.717, 1.165) is 17.8 Å². The molecule has 2 aromatic rings. The molecule has 3 rings (SSSR count). The van der Waals surface area contributed by atoms with E-state index in [2.05, 4.69) is 4.74 Å². The van der Waals surface area contributed by atoms with Gasteiger partial charge >= 0.3 is 6.36 Å². The molecule has 6 nitrogen and oxygen atoms in total. The molecule has 29 heavy (non-hydrogen) atoms. The summed E-state index contributed by atoms with van der Waals surface area (Å²) in [6.07, 6.45) is -4.98. The van der Waals surface area contributed by atoms with Crippen LogP contribution >= 0.6 is 0 Å². The maximum absolute atomic E-state index is 12.9. The average molecular weight is 430 g/mol. The number of hydrogen-bond donors (Lipinski definition) is 0. The minimum atomic E-state index is -4.98. The minimum Gasteiger partial charge on any atom is -0.492 e. The molecule has 1 saturated heterocycles. The van der Waals surface area contributed by atoms with Crippen LogP contribution in [0.15, 0.2) is 53.4 Å². The Kier molecular flexibility index (Phi) is 6.23. The number of hydrogen-bond acceptors (Lipinski definition) is 5. The zero-order chi connectivity index (χ0) is 21.1. The van der Waals surface area contributed by atoms with Crippen molar-refractivity contribution in [2.45, 2.75) is 18.2 Å². The highest BCUT2D eigenvalue weighted by Gasteiger charge is 2.36. The van der Waals surface area contributed by atoms with Crippen LogP contribution in [0.4, 0.5) is 18.9 Å². The molecule has 0 amide bonds. The summed E-state index contributed by atoms with van der Waals surface area (Å²) in [4.78, 5) is 1.50. The topological polar surface area (TPSA) is 59.1 Å². The molecule has 2 aromatic carbocycles.